The Bertz CT molecular complexity index is 1240. The molecule has 0 saturated heterocycles. The zero-order valence-electron chi connectivity index (χ0n) is 43.4. The van der Waals surface area contributed by atoms with Crippen LogP contribution in [0, 0.1) is 0 Å². The van der Waals surface area contributed by atoms with Crippen LogP contribution in [0.15, 0.2) is 72.9 Å². The minimum atomic E-state index is -0.785. The maximum atomic E-state index is 12.8. The summed E-state index contributed by atoms with van der Waals surface area (Å²) in [6, 6.07) is 0. The second-order valence-corrected chi connectivity index (χ2v) is 18.4. The fraction of sp³-hybridized carbons (Fsp3) is 0.750. The number of carbonyl (C=O) groups excluding carboxylic acids is 3. The first kappa shape index (κ1) is 62.8. The molecule has 0 radical (unpaired) electrons. The number of allylic oxidation sites excluding steroid dienone is 12. The molecule has 1 atom stereocenters. The minimum absolute atomic E-state index is 0.0844. The largest absolute Gasteiger partial charge is 0.462 e. The lowest BCUT2D eigenvalue weighted by Gasteiger charge is -2.18. The van der Waals surface area contributed by atoms with Gasteiger partial charge in [0.05, 0.1) is 0 Å². The third-order valence-corrected chi connectivity index (χ3v) is 12.0. The van der Waals surface area contributed by atoms with Crippen molar-refractivity contribution in [3.8, 4) is 0 Å². The van der Waals surface area contributed by atoms with Crippen molar-refractivity contribution in [2.24, 2.45) is 0 Å². The van der Waals surface area contributed by atoms with Gasteiger partial charge in [0, 0.05) is 19.3 Å². The number of esters is 3. The van der Waals surface area contributed by atoms with Gasteiger partial charge in [-0.15, -0.1) is 0 Å². The normalized spacial score (nSPS) is 12.6. The molecule has 0 aliphatic heterocycles. The van der Waals surface area contributed by atoms with Gasteiger partial charge in [-0.25, -0.2) is 0 Å². The third-order valence-electron chi connectivity index (χ3n) is 12.0. The van der Waals surface area contributed by atoms with E-state index in [1.165, 1.54) is 109 Å². The summed E-state index contributed by atoms with van der Waals surface area (Å²) in [5.74, 6) is -0.901. The van der Waals surface area contributed by atoms with Crippen LogP contribution < -0.4 is 0 Å². The standard InChI is InChI=1S/C60H104O6/c1-4-7-10-13-16-19-22-25-28-30-33-35-38-41-44-47-50-53-59(62)65-56-57(55-64-58(61)52-49-46-43-40-37-34-31-27-24-21-18-15-12-9-6-3)66-60(63)54-51-48-45-42-39-36-32-29-26-23-20-17-14-11-8-5-2/h7,9-10,12,16,18-19,21,25,27-28,31,57H,4-6,8,11,13-15,17,20,22-24,26,29-30,32-56H2,1-3H3/b10-7-,12-9-,19-16-,21-18-,28-25-,31-27-. The number of hydrogen-bond acceptors (Lipinski definition) is 6. The molecule has 0 aliphatic carbocycles. The molecule has 380 valence electrons. The summed E-state index contributed by atoms with van der Waals surface area (Å²) >= 11 is 0. The van der Waals surface area contributed by atoms with Gasteiger partial charge in [-0.05, 0) is 83.5 Å². The second kappa shape index (κ2) is 54.5. The summed E-state index contributed by atoms with van der Waals surface area (Å²) in [5, 5.41) is 0. The van der Waals surface area contributed by atoms with Crippen LogP contribution in [-0.2, 0) is 28.6 Å². The Morgan fingerprint density at radius 2 is 0.591 bits per heavy atom. The van der Waals surface area contributed by atoms with Crippen molar-refractivity contribution in [2.75, 3.05) is 13.2 Å². The Labute approximate surface area is 408 Å². The first-order chi connectivity index (χ1) is 32.5. The Hall–Kier alpha value is -3.15. The lowest BCUT2D eigenvalue weighted by Crippen LogP contribution is -2.30. The monoisotopic (exact) mass is 921 g/mol. The highest BCUT2D eigenvalue weighted by Gasteiger charge is 2.19. The SMILES string of the molecule is CC/C=C\C/C=C\C/C=C\CCCCCCCCCC(=O)OCC(COC(=O)CCCCCCC/C=C\C/C=C\C/C=C\CC)OC(=O)CCCCCCCCCCCCCCCCCC. The molecule has 0 aromatic carbocycles. The summed E-state index contributed by atoms with van der Waals surface area (Å²) in [6.45, 7) is 6.42. The van der Waals surface area contributed by atoms with Crippen LogP contribution in [0.4, 0.5) is 0 Å². The quantitative estimate of drug-likeness (QED) is 0.0262. The molecule has 66 heavy (non-hydrogen) atoms. The number of hydrogen-bond donors (Lipinski definition) is 0. The fourth-order valence-electron chi connectivity index (χ4n) is 7.82. The van der Waals surface area contributed by atoms with E-state index in [0.29, 0.717) is 19.3 Å². The molecule has 0 N–H and O–H groups in total. The number of ether oxygens (including phenoxy) is 3. The minimum Gasteiger partial charge on any atom is -0.462 e. The van der Waals surface area contributed by atoms with Crippen LogP contribution in [0.25, 0.3) is 0 Å². The zero-order valence-corrected chi connectivity index (χ0v) is 43.4. The molecule has 0 aromatic rings. The first-order valence-electron chi connectivity index (χ1n) is 27.9. The summed E-state index contributed by atoms with van der Waals surface area (Å²) in [5.41, 5.74) is 0. The molecule has 0 aromatic heterocycles. The van der Waals surface area contributed by atoms with E-state index in [1.54, 1.807) is 0 Å². The molecule has 0 saturated carbocycles. The molecule has 0 heterocycles. The Kier molecular flexibility index (Phi) is 51.9. The Balaban J connectivity index is 4.40. The highest BCUT2D eigenvalue weighted by atomic mass is 16.6. The highest BCUT2D eigenvalue weighted by molar-refractivity contribution is 5.71. The van der Waals surface area contributed by atoms with Gasteiger partial charge in [0.2, 0.25) is 0 Å². The Morgan fingerprint density at radius 1 is 0.318 bits per heavy atom. The Morgan fingerprint density at radius 3 is 0.924 bits per heavy atom. The van der Waals surface area contributed by atoms with Crippen LogP contribution in [0.2, 0.25) is 0 Å². The third kappa shape index (κ3) is 51.8. The molecule has 0 amide bonds. The summed E-state index contributed by atoms with van der Waals surface area (Å²) in [6.07, 6.45) is 68.9. The molecule has 0 rings (SSSR count). The van der Waals surface area contributed by atoms with Gasteiger partial charge in [0.1, 0.15) is 13.2 Å². The van der Waals surface area contributed by atoms with Crippen molar-refractivity contribution in [1.82, 2.24) is 0 Å². The van der Waals surface area contributed by atoms with Crippen LogP contribution in [0.3, 0.4) is 0 Å². The summed E-state index contributed by atoms with van der Waals surface area (Å²) < 4.78 is 16.8. The highest BCUT2D eigenvalue weighted by Crippen LogP contribution is 2.16. The van der Waals surface area contributed by atoms with Crippen molar-refractivity contribution < 1.29 is 28.6 Å². The van der Waals surface area contributed by atoms with E-state index in [-0.39, 0.29) is 31.1 Å². The van der Waals surface area contributed by atoms with Crippen LogP contribution >= 0.6 is 0 Å². The van der Waals surface area contributed by atoms with Crippen LogP contribution in [0.1, 0.15) is 271 Å². The van der Waals surface area contributed by atoms with E-state index in [1.807, 2.05) is 0 Å². The lowest BCUT2D eigenvalue weighted by atomic mass is 10.0. The topological polar surface area (TPSA) is 78.9 Å². The van der Waals surface area contributed by atoms with E-state index in [2.05, 4.69) is 93.7 Å². The van der Waals surface area contributed by atoms with E-state index in [4.69, 9.17) is 14.2 Å². The number of rotatable bonds is 50. The van der Waals surface area contributed by atoms with Gasteiger partial charge >= 0.3 is 17.9 Å². The summed E-state index contributed by atoms with van der Waals surface area (Å²) in [4.78, 5) is 38.1. The van der Waals surface area contributed by atoms with E-state index < -0.39 is 6.10 Å². The second-order valence-electron chi connectivity index (χ2n) is 18.4. The van der Waals surface area contributed by atoms with Gasteiger partial charge in [0.25, 0.3) is 0 Å². The van der Waals surface area contributed by atoms with Gasteiger partial charge in [-0.2, -0.15) is 0 Å². The molecular formula is C60H104O6. The molecule has 0 bridgehead atoms. The first-order valence-corrected chi connectivity index (χ1v) is 27.9. The van der Waals surface area contributed by atoms with Crippen molar-refractivity contribution >= 4 is 17.9 Å². The van der Waals surface area contributed by atoms with Crippen molar-refractivity contribution in [3.63, 3.8) is 0 Å². The fourth-order valence-corrected chi connectivity index (χ4v) is 7.82. The zero-order chi connectivity index (χ0) is 47.9. The van der Waals surface area contributed by atoms with Crippen LogP contribution in [-0.4, -0.2) is 37.2 Å². The maximum absolute atomic E-state index is 12.8. The van der Waals surface area contributed by atoms with Gasteiger partial charge < -0.3 is 14.2 Å². The smallest absolute Gasteiger partial charge is 0.306 e. The molecule has 0 fully saturated rings. The van der Waals surface area contributed by atoms with Crippen LogP contribution in [0.5, 0.6) is 0 Å². The number of unbranched alkanes of at least 4 members (excludes halogenated alkanes) is 27. The average Bonchev–Trinajstić information content (AvgIpc) is 3.31. The van der Waals surface area contributed by atoms with E-state index >= 15 is 0 Å². The number of carbonyl (C=O) groups is 3. The maximum Gasteiger partial charge on any atom is 0.306 e. The summed E-state index contributed by atoms with van der Waals surface area (Å²) in [7, 11) is 0. The molecule has 6 nitrogen and oxygen atoms in total. The van der Waals surface area contributed by atoms with E-state index in [9.17, 15) is 14.4 Å². The molecular weight excluding hydrogens is 817 g/mol. The molecule has 6 heteroatoms. The predicted molar refractivity (Wildman–Crippen MR) is 284 cm³/mol. The van der Waals surface area contributed by atoms with Crippen molar-refractivity contribution in [1.29, 1.82) is 0 Å². The van der Waals surface area contributed by atoms with Gasteiger partial charge in [0.15, 0.2) is 6.10 Å². The molecule has 0 aliphatic rings. The van der Waals surface area contributed by atoms with Gasteiger partial charge in [-0.3, -0.25) is 14.4 Å². The van der Waals surface area contributed by atoms with Gasteiger partial charge in [-0.1, -0.05) is 241 Å². The van der Waals surface area contributed by atoms with Crippen molar-refractivity contribution in [2.45, 2.75) is 277 Å². The predicted octanol–water partition coefficient (Wildman–Crippen LogP) is 18.6. The average molecular weight is 921 g/mol. The molecule has 0 spiro atoms. The molecule has 1 unspecified atom stereocenters. The van der Waals surface area contributed by atoms with E-state index in [0.717, 1.165) is 122 Å². The lowest BCUT2D eigenvalue weighted by molar-refractivity contribution is -0.167. The van der Waals surface area contributed by atoms with Crippen molar-refractivity contribution in [3.05, 3.63) is 72.9 Å².